The molecule has 2 heterocycles. The predicted molar refractivity (Wildman–Crippen MR) is 114 cm³/mol. The fourth-order valence-corrected chi connectivity index (χ4v) is 4.44. The number of fused-ring (bicyclic) bond motifs is 1. The highest BCUT2D eigenvalue weighted by molar-refractivity contribution is 6.00. The molecule has 1 fully saturated rings. The van der Waals surface area contributed by atoms with Crippen LogP contribution in [0.3, 0.4) is 0 Å². The Bertz CT molecular complexity index is 978. The second-order valence-corrected chi connectivity index (χ2v) is 7.96. The number of amides is 1. The highest BCUT2D eigenvalue weighted by Crippen LogP contribution is 2.39. The molecule has 1 unspecified atom stereocenters. The Hall–Kier alpha value is -3.22. The maximum atomic E-state index is 13.0. The standard InChI is InChI=1S/C24H27NO6/c1-28-16-12-21(29-2)18(22(13-16)30-3)8-9-23(27)25-11-10-24(15-25)14-19(26)17-6-4-5-7-20(17)31-24/h4-7,12-13H,8-11,14-15H2,1-3H3. The van der Waals surface area contributed by atoms with E-state index in [4.69, 9.17) is 18.9 Å². The van der Waals surface area contributed by atoms with Crippen LogP contribution in [-0.2, 0) is 11.2 Å². The summed E-state index contributed by atoms with van der Waals surface area (Å²) in [6, 6.07) is 10.9. The van der Waals surface area contributed by atoms with E-state index in [2.05, 4.69) is 0 Å². The number of likely N-dealkylation sites (tertiary alicyclic amines) is 1. The van der Waals surface area contributed by atoms with E-state index in [0.717, 1.165) is 5.56 Å². The molecule has 2 aliphatic rings. The van der Waals surface area contributed by atoms with E-state index in [1.165, 1.54) is 0 Å². The number of carbonyl (C=O) groups is 2. The summed E-state index contributed by atoms with van der Waals surface area (Å²) in [5.74, 6) is 2.58. The normalized spacial score (nSPS) is 19.7. The van der Waals surface area contributed by atoms with Gasteiger partial charge in [-0.1, -0.05) is 12.1 Å². The van der Waals surface area contributed by atoms with Gasteiger partial charge in [-0.15, -0.1) is 0 Å². The second-order valence-electron chi connectivity index (χ2n) is 7.96. The van der Waals surface area contributed by atoms with Gasteiger partial charge in [0, 0.05) is 37.1 Å². The van der Waals surface area contributed by atoms with Gasteiger partial charge in [0.2, 0.25) is 5.91 Å². The topological polar surface area (TPSA) is 74.3 Å². The number of para-hydroxylation sites is 1. The summed E-state index contributed by atoms with van der Waals surface area (Å²) in [6.45, 7) is 0.994. The molecule has 31 heavy (non-hydrogen) atoms. The number of hydrogen-bond acceptors (Lipinski definition) is 6. The van der Waals surface area contributed by atoms with Gasteiger partial charge >= 0.3 is 0 Å². The van der Waals surface area contributed by atoms with E-state index in [0.29, 0.717) is 67.3 Å². The van der Waals surface area contributed by atoms with Crippen molar-refractivity contribution in [2.24, 2.45) is 0 Å². The average molecular weight is 425 g/mol. The van der Waals surface area contributed by atoms with Crippen LogP contribution in [0.15, 0.2) is 36.4 Å². The Morgan fingerprint density at radius 2 is 1.81 bits per heavy atom. The molecular formula is C24H27NO6. The summed E-state index contributed by atoms with van der Waals surface area (Å²) in [5, 5.41) is 0. The van der Waals surface area contributed by atoms with Crippen molar-refractivity contribution in [3.05, 3.63) is 47.5 Å². The van der Waals surface area contributed by atoms with Crippen LogP contribution in [0.1, 0.15) is 35.2 Å². The summed E-state index contributed by atoms with van der Waals surface area (Å²) >= 11 is 0. The van der Waals surface area contributed by atoms with Crippen LogP contribution in [-0.4, -0.2) is 56.6 Å². The van der Waals surface area contributed by atoms with Crippen molar-refractivity contribution in [1.29, 1.82) is 0 Å². The minimum atomic E-state index is -0.628. The third-order valence-electron chi connectivity index (χ3n) is 6.07. The zero-order valence-electron chi connectivity index (χ0n) is 18.1. The summed E-state index contributed by atoms with van der Waals surface area (Å²) in [4.78, 5) is 27.4. The van der Waals surface area contributed by atoms with Crippen molar-refractivity contribution in [1.82, 2.24) is 4.90 Å². The number of nitrogens with zero attached hydrogens (tertiary/aromatic N) is 1. The minimum Gasteiger partial charge on any atom is -0.496 e. The smallest absolute Gasteiger partial charge is 0.223 e. The fourth-order valence-electron chi connectivity index (χ4n) is 4.44. The molecule has 1 amide bonds. The molecular weight excluding hydrogens is 398 g/mol. The lowest BCUT2D eigenvalue weighted by molar-refractivity contribution is -0.130. The third-order valence-corrected chi connectivity index (χ3v) is 6.07. The number of ether oxygens (including phenoxy) is 4. The molecule has 1 spiro atoms. The molecule has 2 aromatic carbocycles. The molecule has 2 aromatic rings. The van der Waals surface area contributed by atoms with Gasteiger partial charge in [0.15, 0.2) is 5.78 Å². The van der Waals surface area contributed by atoms with Gasteiger partial charge < -0.3 is 23.8 Å². The number of rotatable bonds is 6. The zero-order valence-corrected chi connectivity index (χ0v) is 18.1. The molecule has 4 rings (SSSR count). The quantitative estimate of drug-likeness (QED) is 0.707. The van der Waals surface area contributed by atoms with Crippen LogP contribution >= 0.6 is 0 Å². The van der Waals surface area contributed by atoms with Crippen molar-refractivity contribution < 1.29 is 28.5 Å². The number of carbonyl (C=O) groups excluding carboxylic acids is 2. The van der Waals surface area contributed by atoms with Gasteiger partial charge in [0.05, 0.1) is 39.9 Å². The summed E-state index contributed by atoms with van der Waals surface area (Å²) in [6.07, 6.45) is 1.73. The maximum absolute atomic E-state index is 13.0. The molecule has 2 aliphatic heterocycles. The van der Waals surface area contributed by atoms with Crippen LogP contribution in [0, 0.1) is 0 Å². The molecule has 164 valence electrons. The van der Waals surface area contributed by atoms with Crippen molar-refractivity contribution in [3.63, 3.8) is 0 Å². The molecule has 0 bridgehead atoms. The predicted octanol–water partition coefficient (Wildman–Crippen LogP) is 3.28. The van der Waals surface area contributed by atoms with Crippen molar-refractivity contribution in [2.75, 3.05) is 34.4 Å². The molecule has 0 aliphatic carbocycles. The summed E-state index contributed by atoms with van der Waals surface area (Å²) in [5.41, 5.74) is 0.819. The first-order valence-electron chi connectivity index (χ1n) is 10.4. The molecule has 0 N–H and O–H groups in total. The lowest BCUT2D eigenvalue weighted by Gasteiger charge is -2.34. The van der Waals surface area contributed by atoms with Crippen LogP contribution in [0.4, 0.5) is 0 Å². The molecule has 0 radical (unpaired) electrons. The molecule has 0 saturated carbocycles. The average Bonchev–Trinajstić information content (AvgIpc) is 3.19. The molecule has 7 heteroatoms. The Kier molecular flexibility index (Phi) is 5.76. The SMILES string of the molecule is COc1cc(OC)c(CCC(=O)N2CCC3(CC(=O)c4ccccc4O3)C2)c(OC)c1. The van der Waals surface area contributed by atoms with Crippen LogP contribution in [0.25, 0.3) is 0 Å². The van der Waals surface area contributed by atoms with Gasteiger partial charge in [-0.2, -0.15) is 0 Å². The Morgan fingerprint density at radius 1 is 1.10 bits per heavy atom. The van der Waals surface area contributed by atoms with Gasteiger partial charge in [0.1, 0.15) is 28.6 Å². The van der Waals surface area contributed by atoms with E-state index in [-0.39, 0.29) is 11.7 Å². The number of hydrogen-bond donors (Lipinski definition) is 0. The minimum absolute atomic E-state index is 0.0201. The highest BCUT2D eigenvalue weighted by atomic mass is 16.5. The number of Topliss-reactive ketones (excluding diaryl/α,β-unsaturated/α-hetero) is 1. The Labute approximate surface area is 181 Å². The third kappa shape index (κ3) is 4.04. The fraction of sp³-hybridized carbons (Fsp3) is 0.417. The van der Waals surface area contributed by atoms with Crippen molar-refractivity contribution >= 4 is 11.7 Å². The number of methoxy groups -OCH3 is 3. The Morgan fingerprint density at radius 3 is 2.48 bits per heavy atom. The van der Waals surface area contributed by atoms with E-state index < -0.39 is 5.60 Å². The Balaban J connectivity index is 1.44. The van der Waals surface area contributed by atoms with E-state index >= 15 is 0 Å². The van der Waals surface area contributed by atoms with Gasteiger partial charge in [-0.3, -0.25) is 9.59 Å². The molecule has 7 nitrogen and oxygen atoms in total. The van der Waals surface area contributed by atoms with E-state index in [9.17, 15) is 9.59 Å². The molecule has 1 atom stereocenters. The van der Waals surface area contributed by atoms with Crippen LogP contribution in [0.2, 0.25) is 0 Å². The lowest BCUT2D eigenvalue weighted by atomic mass is 9.89. The first kappa shape index (κ1) is 21.0. The van der Waals surface area contributed by atoms with Crippen LogP contribution in [0.5, 0.6) is 23.0 Å². The maximum Gasteiger partial charge on any atom is 0.223 e. The van der Waals surface area contributed by atoms with Gasteiger partial charge in [0.25, 0.3) is 0 Å². The molecule has 0 aromatic heterocycles. The van der Waals surface area contributed by atoms with E-state index in [1.54, 1.807) is 44.4 Å². The first-order chi connectivity index (χ1) is 15.0. The largest absolute Gasteiger partial charge is 0.496 e. The highest BCUT2D eigenvalue weighted by Gasteiger charge is 2.46. The second kappa shape index (κ2) is 8.49. The van der Waals surface area contributed by atoms with Crippen molar-refractivity contribution in [3.8, 4) is 23.0 Å². The summed E-state index contributed by atoms with van der Waals surface area (Å²) in [7, 11) is 4.75. The van der Waals surface area contributed by atoms with E-state index in [1.807, 2.05) is 18.2 Å². The molecule has 1 saturated heterocycles. The monoisotopic (exact) mass is 425 g/mol. The first-order valence-corrected chi connectivity index (χ1v) is 10.4. The number of benzene rings is 2. The van der Waals surface area contributed by atoms with Gasteiger partial charge in [-0.05, 0) is 18.6 Å². The lowest BCUT2D eigenvalue weighted by Crippen LogP contribution is -2.45. The summed E-state index contributed by atoms with van der Waals surface area (Å²) < 4.78 is 22.5. The number of ketones is 1. The van der Waals surface area contributed by atoms with Crippen LogP contribution < -0.4 is 18.9 Å². The van der Waals surface area contributed by atoms with Crippen molar-refractivity contribution in [2.45, 2.75) is 31.3 Å². The van der Waals surface area contributed by atoms with Gasteiger partial charge in [-0.25, -0.2) is 0 Å². The zero-order chi connectivity index (χ0) is 22.0.